The third-order valence-corrected chi connectivity index (χ3v) is 3.04. The lowest BCUT2D eigenvalue weighted by Crippen LogP contribution is -2.33. The van der Waals surface area contributed by atoms with Gasteiger partial charge in [-0.05, 0) is 38.0 Å². The number of fused-ring (bicyclic) bond motifs is 1. The zero-order chi connectivity index (χ0) is 7.84. The lowest BCUT2D eigenvalue weighted by atomic mass is 9.80. The maximum Gasteiger partial charge on any atom is 0.0324 e. The summed E-state index contributed by atoms with van der Waals surface area (Å²) in [5.74, 6) is 1.79. The molecule has 0 saturated heterocycles. The van der Waals surface area contributed by atoms with Gasteiger partial charge in [0.15, 0.2) is 0 Å². The van der Waals surface area contributed by atoms with Crippen LogP contribution >= 0.6 is 0 Å². The first-order valence-corrected chi connectivity index (χ1v) is 4.70. The number of rotatable bonds is 0. The topological polar surface area (TPSA) is 12.0 Å². The summed E-state index contributed by atoms with van der Waals surface area (Å²) in [5.41, 5.74) is 1.40. The Morgan fingerprint density at radius 3 is 3.09 bits per heavy atom. The highest BCUT2D eigenvalue weighted by Gasteiger charge is 2.30. The van der Waals surface area contributed by atoms with E-state index in [2.05, 4.69) is 25.2 Å². The second kappa shape index (κ2) is 2.54. The van der Waals surface area contributed by atoms with Gasteiger partial charge < -0.3 is 5.32 Å². The van der Waals surface area contributed by atoms with E-state index in [9.17, 15) is 0 Å². The van der Waals surface area contributed by atoms with Crippen LogP contribution in [0.4, 0.5) is 0 Å². The molecule has 3 atom stereocenters. The van der Waals surface area contributed by atoms with Crippen molar-refractivity contribution in [2.45, 2.75) is 39.2 Å². The van der Waals surface area contributed by atoms with E-state index in [1.807, 2.05) is 0 Å². The average molecular weight is 151 g/mol. The average Bonchev–Trinajstić information content (AvgIpc) is 2.27. The fourth-order valence-electron chi connectivity index (χ4n) is 2.43. The fraction of sp³-hybridized carbons (Fsp3) is 0.800. The van der Waals surface area contributed by atoms with Crippen LogP contribution in [-0.2, 0) is 0 Å². The molecule has 1 saturated carbocycles. The van der Waals surface area contributed by atoms with Gasteiger partial charge in [0.05, 0.1) is 0 Å². The molecular formula is C10H17N. The lowest BCUT2D eigenvalue weighted by molar-refractivity contribution is 0.279. The van der Waals surface area contributed by atoms with Crippen molar-refractivity contribution in [3.05, 3.63) is 11.8 Å². The molecule has 11 heavy (non-hydrogen) atoms. The standard InChI is InChI=1S/C10H17N/c1-7-3-4-9-6-8(2)11-10(9)5-7/h6-7,9-11H,3-5H2,1-2H3. The number of hydrogen-bond donors (Lipinski definition) is 1. The minimum atomic E-state index is 0.777. The predicted octanol–water partition coefficient (Wildman–Crippen LogP) is 2.30. The molecule has 1 fully saturated rings. The van der Waals surface area contributed by atoms with Gasteiger partial charge in [0.1, 0.15) is 0 Å². The molecule has 0 bridgehead atoms. The number of nitrogens with one attached hydrogen (secondary N) is 1. The Morgan fingerprint density at radius 1 is 1.45 bits per heavy atom. The normalized spacial score (nSPS) is 42.7. The molecule has 2 rings (SSSR count). The summed E-state index contributed by atoms with van der Waals surface area (Å²) in [7, 11) is 0. The molecule has 1 heteroatoms. The lowest BCUT2D eigenvalue weighted by Gasteiger charge is -2.29. The van der Waals surface area contributed by atoms with E-state index >= 15 is 0 Å². The molecule has 2 aliphatic rings. The Kier molecular flexibility index (Phi) is 1.67. The van der Waals surface area contributed by atoms with E-state index in [0.29, 0.717) is 0 Å². The van der Waals surface area contributed by atoms with Crippen molar-refractivity contribution in [3.63, 3.8) is 0 Å². The van der Waals surface area contributed by atoms with Gasteiger partial charge in [-0.1, -0.05) is 13.0 Å². The SMILES string of the molecule is CC1=CC2CCC(C)CC2N1. The zero-order valence-electron chi connectivity index (χ0n) is 7.43. The van der Waals surface area contributed by atoms with E-state index < -0.39 is 0 Å². The van der Waals surface area contributed by atoms with Gasteiger partial charge in [-0.15, -0.1) is 0 Å². The van der Waals surface area contributed by atoms with Crippen LogP contribution in [0, 0.1) is 11.8 Å². The molecule has 1 aliphatic carbocycles. The van der Waals surface area contributed by atoms with Crippen molar-refractivity contribution < 1.29 is 0 Å². The molecule has 3 unspecified atom stereocenters. The molecule has 1 heterocycles. The van der Waals surface area contributed by atoms with Crippen LogP contribution in [0.25, 0.3) is 0 Å². The molecule has 0 radical (unpaired) electrons. The highest BCUT2D eigenvalue weighted by Crippen LogP contribution is 2.33. The minimum Gasteiger partial charge on any atom is -0.385 e. The number of allylic oxidation sites excluding steroid dienone is 1. The van der Waals surface area contributed by atoms with Crippen LogP contribution in [0.2, 0.25) is 0 Å². The molecule has 0 aromatic heterocycles. The van der Waals surface area contributed by atoms with Gasteiger partial charge in [-0.25, -0.2) is 0 Å². The highest BCUT2D eigenvalue weighted by molar-refractivity contribution is 5.12. The Hall–Kier alpha value is -0.460. The van der Waals surface area contributed by atoms with Gasteiger partial charge >= 0.3 is 0 Å². The van der Waals surface area contributed by atoms with Crippen LogP contribution in [0.1, 0.15) is 33.1 Å². The highest BCUT2D eigenvalue weighted by atomic mass is 15.0. The third kappa shape index (κ3) is 1.29. The predicted molar refractivity (Wildman–Crippen MR) is 47.2 cm³/mol. The monoisotopic (exact) mass is 151 g/mol. The van der Waals surface area contributed by atoms with E-state index in [0.717, 1.165) is 17.9 Å². The van der Waals surface area contributed by atoms with Crippen molar-refractivity contribution in [3.8, 4) is 0 Å². The Bertz CT molecular complexity index is 183. The second-order valence-electron chi connectivity index (χ2n) is 4.18. The Labute approximate surface area is 68.9 Å². The smallest absolute Gasteiger partial charge is 0.0324 e. The summed E-state index contributed by atoms with van der Waals surface area (Å²) in [6, 6.07) is 0.777. The van der Waals surface area contributed by atoms with Crippen LogP contribution in [0.3, 0.4) is 0 Å². The van der Waals surface area contributed by atoms with Crippen LogP contribution in [-0.4, -0.2) is 6.04 Å². The van der Waals surface area contributed by atoms with Gasteiger partial charge in [0.2, 0.25) is 0 Å². The van der Waals surface area contributed by atoms with Crippen LogP contribution in [0.5, 0.6) is 0 Å². The summed E-state index contributed by atoms with van der Waals surface area (Å²) in [6.45, 7) is 4.55. The van der Waals surface area contributed by atoms with Crippen molar-refractivity contribution >= 4 is 0 Å². The molecule has 1 aliphatic heterocycles. The van der Waals surface area contributed by atoms with E-state index in [-0.39, 0.29) is 0 Å². The van der Waals surface area contributed by atoms with Gasteiger partial charge in [-0.2, -0.15) is 0 Å². The van der Waals surface area contributed by atoms with Gasteiger partial charge in [0, 0.05) is 11.7 Å². The van der Waals surface area contributed by atoms with E-state index in [1.165, 1.54) is 25.0 Å². The summed E-state index contributed by atoms with van der Waals surface area (Å²) in [6.07, 6.45) is 6.61. The van der Waals surface area contributed by atoms with Crippen LogP contribution in [0.15, 0.2) is 11.8 Å². The Balaban J connectivity index is 2.03. The molecule has 0 spiro atoms. The first-order valence-electron chi connectivity index (χ1n) is 4.70. The summed E-state index contributed by atoms with van der Waals surface area (Å²) in [5, 5.41) is 3.55. The van der Waals surface area contributed by atoms with Crippen LogP contribution < -0.4 is 5.32 Å². The molecule has 1 N–H and O–H groups in total. The number of hydrogen-bond acceptors (Lipinski definition) is 1. The quantitative estimate of drug-likeness (QED) is 0.560. The maximum absolute atomic E-state index is 3.55. The molecule has 0 aromatic carbocycles. The minimum absolute atomic E-state index is 0.777. The van der Waals surface area contributed by atoms with Gasteiger partial charge in [0.25, 0.3) is 0 Å². The Morgan fingerprint density at radius 2 is 2.27 bits per heavy atom. The van der Waals surface area contributed by atoms with Gasteiger partial charge in [-0.3, -0.25) is 0 Å². The molecule has 62 valence electrons. The zero-order valence-corrected chi connectivity index (χ0v) is 7.43. The van der Waals surface area contributed by atoms with Crippen molar-refractivity contribution in [2.24, 2.45) is 11.8 Å². The maximum atomic E-state index is 3.55. The first-order chi connectivity index (χ1) is 5.25. The third-order valence-electron chi connectivity index (χ3n) is 3.04. The molecule has 1 nitrogen and oxygen atoms in total. The summed E-state index contributed by atoms with van der Waals surface area (Å²) in [4.78, 5) is 0. The van der Waals surface area contributed by atoms with Crippen molar-refractivity contribution in [2.75, 3.05) is 0 Å². The largest absolute Gasteiger partial charge is 0.385 e. The van der Waals surface area contributed by atoms with E-state index in [4.69, 9.17) is 0 Å². The molecular weight excluding hydrogens is 134 g/mol. The molecule has 0 aromatic rings. The van der Waals surface area contributed by atoms with E-state index in [1.54, 1.807) is 0 Å². The summed E-state index contributed by atoms with van der Waals surface area (Å²) >= 11 is 0. The molecule has 0 amide bonds. The first kappa shape index (κ1) is 7.20. The second-order valence-corrected chi connectivity index (χ2v) is 4.18. The fourth-order valence-corrected chi connectivity index (χ4v) is 2.43. The van der Waals surface area contributed by atoms with Crippen molar-refractivity contribution in [1.82, 2.24) is 5.32 Å². The summed E-state index contributed by atoms with van der Waals surface area (Å²) < 4.78 is 0. The van der Waals surface area contributed by atoms with Crippen molar-refractivity contribution in [1.29, 1.82) is 0 Å².